The summed E-state index contributed by atoms with van der Waals surface area (Å²) in [5, 5.41) is 4.81. The number of alkyl halides is 3. The van der Waals surface area contributed by atoms with Gasteiger partial charge in [0.1, 0.15) is 0 Å². The van der Waals surface area contributed by atoms with Crippen LogP contribution in [0.3, 0.4) is 0 Å². The summed E-state index contributed by atoms with van der Waals surface area (Å²) in [5.74, 6) is -0.260. The zero-order chi connectivity index (χ0) is 23.0. The molecule has 7 heteroatoms. The summed E-state index contributed by atoms with van der Waals surface area (Å²) in [7, 11) is 0. The van der Waals surface area contributed by atoms with Gasteiger partial charge in [-0.3, -0.25) is 9.48 Å². The Morgan fingerprint density at radius 1 is 1.06 bits per heavy atom. The normalized spacial score (nSPS) is 19.2. The molecule has 32 heavy (non-hydrogen) atoms. The number of hydrogen-bond acceptors (Lipinski definition) is 2. The molecule has 1 fully saturated rings. The first-order valence-corrected chi connectivity index (χ1v) is 10.7. The van der Waals surface area contributed by atoms with Gasteiger partial charge >= 0.3 is 6.18 Å². The number of aromatic nitrogens is 2. The molecular formula is C25H26F3N3O. The van der Waals surface area contributed by atoms with Gasteiger partial charge in [0.25, 0.3) is 0 Å². The molecule has 2 unspecified atom stereocenters. The predicted octanol–water partition coefficient (Wildman–Crippen LogP) is 5.73. The van der Waals surface area contributed by atoms with Crippen LogP contribution < -0.4 is 0 Å². The van der Waals surface area contributed by atoms with E-state index in [4.69, 9.17) is 5.10 Å². The molecule has 2 heterocycles. The molecule has 168 valence electrons. The van der Waals surface area contributed by atoms with Crippen molar-refractivity contribution in [2.75, 3.05) is 6.54 Å². The Morgan fingerprint density at radius 2 is 1.78 bits per heavy atom. The molecular weight excluding hydrogens is 415 g/mol. The minimum atomic E-state index is -4.41. The van der Waals surface area contributed by atoms with Crippen molar-refractivity contribution in [2.24, 2.45) is 11.8 Å². The highest BCUT2D eigenvalue weighted by Gasteiger charge is 2.44. The van der Waals surface area contributed by atoms with E-state index in [2.05, 4.69) is 0 Å². The molecule has 0 spiro atoms. The molecule has 0 N–H and O–H groups in total. The summed E-state index contributed by atoms with van der Waals surface area (Å²) >= 11 is 0. The van der Waals surface area contributed by atoms with Crippen LogP contribution in [0.1, 0.15) is 36.7 Å². The standard InChI is InChI=1S/C25H26F3N3O/c1-16(2)23-22(31-17(3)12-21(29-31)19-9-5-4-6-10-19)15-30(24(23)32)14-18-8-7-11-20(13-18)25(26,27)28/h4-13,16,22-23H,14-15H2,1-3H3. The highest BCUT2D eigenvalue weighted by atomic mass is 19.4. The van der Waals surface area contributed by atoms with Crippen LogP contribution in [0.25, 0.3) is 11.3 Å². The summed E-state index contributed by atoms with van der Waals surface area (Å²) < 4.78 is 41.2. The van der Waals surface area contributed by atoms with Crippen molar-refractivity contribution in [2.45, 2.75) is 39.5 Å². The monoisotopic (exact) mass is 441 g/mol. The second-order valence-electron chi connectivity index (χ2n) is 8.74. The number of benzene rings is 2. The summed E-state index contributed by atoms with van der Waals surface area (Å²) in [6.45, 7) is 6.53. The molecule has 1 amide bonds. The molecule has 4 rings (SSSR count). The average molecular weight is 441 g/mol. The van der Waals surface area contributed by atoms with Crippen LogP contribution in [-0.4, -0.2) is 27.1 Å². The van der Waals surface area contributed by atoms with Gasteiger partial charge in [-0.15, -0.1) is 0 Å². The first-order valence-electron chi connectivity index (χ1n) is 10.7. The fourth-order valence-corrected chi connectivity index (χ4v) is 4.55. The number of rotatable bonds is 5. The van der Waals surface area contributed by atoms with Crippen LogP contribution in [-0.2, 0) is 17.5 Å². The van der Waals surface area contributed by atoms with Crippen LogP contribution in [0.4, 0.5) is 13.2 Å². The van der Waals surface area contributed by atoms with Gasteiger partial charge in [0, 0.05) is 24.3 Å². The van der Waals surface area contributed by atoms with Crippen molar-refractivity contribution in [1.82, 2.24) is 14.7 Å². The van der Waals surface area contributed by atoms with Crippen LogP contribution in [0.15, 0.2) is 60.7 Å². The maximum atomic E-state index is 13.3. The fraction of sp³-hybridized carbons (Fsp3) is 0.360. The highest BCUT2D eigenvalue weighted by Crippen LogP contribution is 2.37. The molecule has 0 aliphatic carbocycles. The van der Waals surface area contributed by atoms with E-state index >= 15 is 0 Å². The minimum Gasteiger partial charge on any atom is -0.336 e. The SMILES string of the molecule is Cc1cc(-c2ccccc2)nn1C1CN(Cc2cccc(C(F)(F)F)c2)C(=O)C1C(C)C. The van der Waals surface area contributed by atoms with Crippen molar-refractivity contribution >= 4 is 5.91 Å². The van der Waals surface area contributed by atoms with E-state index in [0.29, 0.717) is 12.1 Å². The van der Waals surface area contributed by atoms with Crippen molar-refractivity contribution in [3.05, 3.63) is 77.5 Å². The summed E-state index contributed by atoms with van der Waals surface area (Å²) in [5.41, 5.74) is 2.57. The molecule has 0 saturated carbocycles. The zero-order valence-corrected chi connectivity index (χ0v) is 18.3. The largest absolute Gasteiger partial charge is 0.416 e. The van der Waals surface area contributed by atoms with Crippen LogP contribution in [0.2, 0.25) is 0 Å². The number of nitrogens with zero attached hydrogens (tertiary/aromatic N) is 3. The van der Waals surface area contributed by atoms with Gasteiger partial charge in [-0.2, -0.15) is 18.3 Å². The van der Waals surface area contributed by atoms with E-state index in [1.54, 1.807) is 11.0 Å². The number of aryl methyl sites for hydroxylation is 1. The molecule has 1 aliphatic rings. The first-order chi connectivity index (χ1) is 15.1. The lowest BCUT2D eigenvalue weighted by atomic mass is 9.90. The number of carbonyl (C=O) groups is 1. The molecule has 2 aromatic carbocycles. The Hall–Kier alpha value is -3.09. The Kier molecular flexibility index (Phi) is 5.84. The summed E-state index contributed by atoms with van der Waals surface area (Å²) in [6.07, 6.45) is -4.41. The molecule has 0 radical (unpaired) electrons. The van der Waals surface area contributed by atoms with Gasteiger partial charge in [0.15, 0.2) is 0 Å². The van der Waals surface area contributed by atoms with Gasteiger partial charge in [0.2, 0.25) is 5.91 Å². The Bertz CT molecular complexity index is 1110. The highest BCUT2D eigenvalue weighted by molar-refractivity contribution is 5.82. The number of carbonyl (C=O) groups excluding carboxylic acids is 1. The third-order valence-electron chi connectivity index (χ3n) is 6.07. The lowest BCUT2D eigenvalue weighted by molar-refractivity contribution is -0.137. The number of amides is 1. The van der Waals surface area contributed by atoms with Gasteiger partial charge < -0.3 is 4.90 Å². The van der Waals surface area contributed by atoms with E-state index in [0.717, 1.165) is 29.1 Å². The Labute approximate surface area is 185 Å². The van der Waals surface area contributed by atoms with Crippen molar-refractivity contribution in [3.8, 4) is 11.3 Å². The number of likely N-dealkylation sites (tertiary alicyclic amines) is 1. The van der Waals surface area contributed by atoms with E-state index in [1.807, 2.05) is 61.9 Å². The van der Waals surface area contributed by atoms with Gasteiger partial charge in [-0.1, -0.05) is 56.3 Å². The predicted molar refractivity (Wildman–Crippen MR) is 117 cm³/mol. The molecule has 4 nitrogen and oxygen atoms in total. The second kappa shape index (κ2) is 8.45. The smallest absolute Gasteiger partial charge is 0.336 e. The first kappa shape index (κ1) is 22.1. The van der Waals surface area contributed by atoms with Crippen molar-refractivity contribution < 1.29 is 18.0 Å². The lowest BCUT2D eigenvalue weighted by Crippen LogP contribution is -2.29. The maximum absolute atomic E-state index is 13.3. The van der Waals surface area contributed by atoms with Crippen molar-refractivity contribution in [3.63, 3.8) is 0 Å². The second-order valence-corrected chi connectivity index (χ2v) is 8.74. The van der Waals surface area contributed by atoms with Gasteiger partial charge in [-0.25, -0.2) is 0 Å². The van der Waals surface area contributed by atoms with Gasteiger partial charge in [0.05, 0.1) is 23.2 Å². The molecule has 1 aliphatic heterocycles. The van der Waals surface area contributed by atoms with E-state index in [1.165, 1.54) is 6.07 Å². The van der Waals surface area contributed by atoms with E-state index < -0.39 is 11.7 Å². The lowest BCUT2D eigenvalue weighted by Gasteiger charge is -2.21. The quantitative estimate of drug-likeness (QED) is 0.507. The summed E-state index contributed by atoms with van der Waals surface area (Å²) in [6, 6.07) is 16.9. The average Bonchev–Trinajstić information content (AvgIpc) is 3.28. The van der Waals surface area contributed by atoms with Gasteiger partial charge in [-0.05, 0) is 36.6 Å². The Morgan fingerprint density at radius 3 is 2.44 bits per heavy atom. The molecule has 2 atom stereocenters. The third-order valence-corrected chi connectivity index (χ3v) is 6.07. The third kappa shape index (κ3) is 4.29. The van der Waals surface area contributed by atoms with Crippen LogP contribution in [0.5, 0.6) is 0 Å². The molecule has 1 aromatic heterocycles. The number of hydrogen-bond donors (Lipinski definition) is 0. The van der Waals surface area contributed by atoms with E-state index in [-0.39, 0.29) is 30.3 Å². The molecule has 1 saturated heterocycles. The Balaban J connectivity index is 1.62. The maximum Gasteiger partial charge on any atom is 0.416 e. The summed E-state index contributed by atoms with van der Waals surface area (Å²) in [4.78, 5) is 14.9. The zero-order valence-electron chi connectivity index (χ0n) is 18.3. The molecule has 3 aromatic rings. The fourth-order valence-electron chi connectivity index (χ4n) is 4.55. The molecule has 0 bridgehead atoms. The van der Waals surface area contributed by atoms with Crippen molar-refractivity contribution in [1.29, 1.82) is 0 Å². The van der Waals surface area contributed by atoms with Crippen LogP contribution >= 0.6 is 0 Å². The van der Waals surface area contributed by atoms with Crippen LogP contribution in [0, 0.1) is 18.8 Å². The number of halogens is 3. The topological polar surface area (TPSA) is 38.1 Å². The minimum absolute atomic E-state index is 0.0430. The van der Waals surface area contributed by atoms with E-state index in [9.17, 15) is 18.0 Å².